The summed E-state index contributed by atoms with van der Waals surface area (Å²) in [4.78, 5) is 8.46. The third-order valence-electron chi connectivity index (χ3n) is 2.49. The first-order valence-electron chi connectivity index (χ1n) is 5.11. The van der Waals surface area contributed by atoms with Crippen LogP contribution in [0.3, 0.4) is 0 Å². The van der Waals surface area contributed by atoms with Gasteiger partial charge >= 0.3 is 0 Å². The van der Waals surface area contributed by atoms with Gasteiger partial charge in [-0.25, -0.2) is 4.98 Å². The largest absolute Gasteiger partial charge is 0.434 e. The number of rotatable bonds is 1. The van der Waals surface area contributed by atoms with Crippen LogP contribution < -0.4 is 5.73 Å². The first-order chi connectivity index (χ1) is 8.65. The summed E-state index contributed by atoms with van der Waals surface area (Å²) in [6.07, 6.45) is 1.68. The monoisotopic (exact) mass is 367 g/mol. The number of nitrogen functional groups attached to an aromatic ring is 1. The van der Waals surface area contributed by atoms with Crippen molar-refractivity contribution in [1.29, 1.82) is 0 Å². The molecule has 0 saturated heterocycles. The molecule has 6 heteroatoms. The number of aromatic nitrogens is 2. The number of oxazole rings is 1. The molecule has 1 aromatic carbocycles. The molecule has 0 unspecified atom stereocenters. The molecule has 0 aliphatic rings. The van der Waals surface area contributed by atoms with Gasteiger partial charge in [-0.2, -0.15) is 4.98 Å². The summed E-state index contributed by atoms with van der Waals surface area (Å²) in [6, 6.07) is 7.37. The Labute approximate surface area is 119 Å². The normalized spacial score (nSPS) is 11.0. The molecule has 0 spiro atoms. The number of halogens is 2. The van der Waals surface area contributed by atoms with Crippen LogP contribution in [0.5, 0.6) is 0 Å². The van der Waals surface area contributed by atoms with E-state index in [-0.39, 0.29) is 0 Å². The maximum absolute atomic E-state index is 6.02. The van der Waals surface area contributed by atoms with E-state index < -0.39 is 0 Å². The van der Waals surface area contributed by atoms with Gasteiger partial charge in [0.15, 0.2) is 11.2 Å². The first-order valence-corrected chi connectivity index (χ1v) is 6.70. The minimum Gasteiger partial charge on any atom is -0.434 e. The van der Waals surface area contributed by atoms with Crippen LogP contribution in [0.4, 0.5) is 5.69 Å². The summed E-state index contributed by atoms with van der Waals surface area (Å²) in [6.45, 7) is 0. The Morgan fingerprint density at radius 3 is 2.83 bits per heavy atom. The summed E-state index contributed by atoms with van der Waals surface area (Å²) >= 11 is 6.82. The van der Waals surface area contributed by atoms with Crippen molar-refractivity contribution in [3.8, 4) is 11.5 Å². The Bertz CT molecular complexity index is 706. The summed E-state index contributed by atoms with van der Waals surface area (Å²) in [7, 11) is 0. The Morgan fingerprint density at radius 2 is 2.06 bits per heavy atom. The van der Waals surface area contributed by atoms with E-state index in [1.165, 1.54) is 0 Å². The van der Waals surface area contributed by atoms with Crippen molar-refractivity contribution in [1.82, 2.24) is 9.97 Å². The molecule has 90 valence electrons. The smallest absolute Gasteiger partial charge is 0.231 e. The average molecular weight is 369 g/mol. The predicted octanol–water partition coefficient (Wildman–Crippen LogP) is 4.00. The van der Waals surface area contributed by atoms with Crippen LogP contribution in [0.15, 0.2) is 43.8 Å². The van der Waals surface area contributed by atoms with Gasteiger partial charge in [0.25, 0.3) is 0 Å². The lowest BCUT2D eigenvalue weighted by Gasteiger charge is -2.04. The molecule has 3 aromatic rings. The van der Waals surface area contributed by atoms with Crippen LogP contribution >= 0.6 is 31.9 Å². The van der Waals surface area contributed by atoms with Gasteiger partial charge in [-0.3, -0.25) is 0 Å². The fraction of sp³-hybridized carbons (Fsp3) is 0. The number of benzene rings is 1. The van der Waals surface area contributed by atoms with E-state index in [2.05, 4.69) is 41.8 Å². The number of nitrogens with zero attached hydrogens (tertiary/aromatic N) is 2. The molecular weight excluding hydrogens is 362 g/mol. The highest BCUT2D eigenvalue weighted by atomic mass is 79.9. The molecule has 18 heavy (non-hydrogen) atoms. The lowest BCUT2D eigenvalue weighted by Crippen LogP contribution is -1.92. The summed E-state index contributed by atoms with van der Waals surface area (Å²) < 4.78 is 7.34. The number of hydrogen-bond acceptors (Lipinski definition) is 4. The number of nitrogens with two attached hydrogens (primary N) is 1. The molecule has 3 rings (SSSR count). The van der Waals surface area contributed by atoms with Crippen LogP contribution in [0, 0.1) is 0 Å². The van der Waals surface area contributed by atoms with Gasteiger partial charge in [-0.05, 0) is 40.2 Å². The van der Waals surface area contributed by atoms with Gasteiger partial charge in [-0.15, -0.1) is 0 Å². The second-order valence-corrected chi connectivity index (χ2v) is 5.46. The van der Waals surface area contributed by atoms with Crippen molar-refractivity contribution in [2.24, 2.45) is 0 Å². The van der Waals surface area contributed by atoms with Gasteiger partial charge in [0.05, 0.1) is 11.3 Å². The number of fused-ring (bicyclic) bond motifs is 1. The van der Waals surface area contributed by atoms with Crippen molar-refractivity contribution in [2.45, 2.75) is 0 Å². The van der Waals surface area contributed by atoms with E-state index in [4.69, 9.17) is 10.2 Å². The van der Waals surface area contributed by atoms with Crippen molar-refractivity contribution < 1.29 is 4.42 Å². The van der Waals surface area contributed by atoms with E-state index in [1.54, 1.807) is 12.3 Å². The molecule has 0 radical (unpaired) electrons. The Morgan fingerprint density at radius 1 is 1.22 bits per heavy atom. The van der Waals surface area contributed by atoms with Crippen LogP contribution in [0.25, 0.3) is 22.7 Å². The van der Waals surface area contributed by atoms with Crippen molar-refractivity contribution in [3.63, 3.8) is 0 Å². The average Bonchev–Trinajstić information content (AvgIpc) is 2.77. The number of hydrogen-bond donors (Lipinski definition) is 1. The zero-order valence-corrected chi connectivity index (χ0v) is 12.2. The third kappa shape index (κ3) is 1.91. The minimum absolute atomic E-state index is 0.461. The lowest BCUT2D eigenvalue weighted by atomic mass is 10.2. The standard InChI is InChI=1S/C12H7Br2N3O/c13-6-4-7(10(15)8(14)5-6)12-17-11-9(18-12)2-1-3-16-11/h1-5H,15H2. The maximum atomic E-state index is 6.02. The molecule has 2 N–H and O–H groups in total. The highest BCUT2D eigenvalue weighted by Gasteiger charge is 2.14. The van der Waals surface area contributed by atoms with Crippen molar-refractivity contribution in [2.75, 3.05) is 5.73 Å². The molecule has 0 amide bonds. The van der Waals surface area contributed by atoms with Crippen LogP contribution in [0.2, 0.25) is 0 Å². The van der Waals surface area contributed by atoms with Gasteiger partial charge in [0.1, 0.15) is 0 Å². The Hall–Kier alpha value is -1.40. The fourth-order valence-electron chi connectivity index (χ4n) is 1.65. The van der Waals surface area contributed by atoms with E-state index in [9.17, 15) is 0 Å². The van der Waals surface area contributed by atoms with E-state index in [0.29, 0.717) is 22.8 Å². The highest BCUT2D eigenvalue weighted by molar-refractivity contribution is 9.11. The topological polar surface area (TPSA) is 64.9 Å². The summed E-state index contributed by atoms with van der Waals surface area (Å²) in [5.74, 6) is 0.461. The van der Waals surface area contributed by atoms with Gasteiger partial charge in [0, 0.05) is 15.1 Å². The minimum atomic E-state index is 0.461. The number of pyridine rings is 1. The summed E-state index contributed by atoms with van der Waals surface area (Å²) in [5, 5.41) is 0. The van der Waals surface area contributed by atoms with Crippen molar-refractivity contribution in [3.05, 3.63) is 39.4 Å². The predicted molar refractivity (Wildman–Crippen MR) is 77.1 cm³/mol. The second kappa shape index (κ2) is 4.37. The quantitative estimate of drug-likeness (QED) is 0.659. The molecule has 0 fully saturated rings. The van der Waals surface area contributed by atoms with E-state index >= 15 is 0 Å². The molecule has 2 aromatic heterocycles. The van der Waals surface area contributed by atoms with Gasteiger partial charge in [-0.1, -0.05) is 15.9 Å². The molecule has 0 aliphatic carbocycles. The first kappa shape index (κ1) is 11.7. The maximum Gasteiger partial charge on any atom is 0.231 e. The molecule has 0 saturated carbocycles. The van der Waals surface area contributed by atoms with Gasteiger partial charge < -0.3 is 10.2 Å². The fourth-order valence-corrected chi connectivity index (χ4v) is 2.87. The third-order valence-corrected chi connectivity index (χ3v) is 3.60. The second-order valence-electron chi connectivity index (χ2n) is 3.69. The van der Waals surface area contributed by atoms with Crippen LogP contribution in [-0.4, -0.2) is 9.97 Å². The van der Waals surface area contributed by atoms with Crippen molar-refractivity contribution >= 4 is 48.8 Å². The zero-order chi connectivity index (χ0) is 12.7. The van der Waals surface area contributed by atoms with Crippen LogP contribution in [-0.2, 0) is 0 Å². The number of anilines is 1. The molecule has 2 heterocycles. The Kier molecular flexibility index (Phi) is 2.83. The van der Waals surface area contributed by atoms with Crippen LogP contribution in [0.1, 0.15) is 0 Å². The molecule has 0 aliphatic heterocycles. The zero-order valence-electron chi connectivity index (χ0n) is 9.02. The molecule has 0 bridgehead atoms. The lowest BCUT2D eigenvalue weighted by molar-refractivity contribution is 0.620. The molecule has 0 atom stereocenters. The summed E-state index contributed by atoms with van der Waals surface area (Å²) in [5.41, 5.74) is 8.55. The SMILES string of the molecule is Nc1c(Br)cc(Br)cc1-c1nc2ncccc2o1. The van der Waals surface area contributed by atoms with Gasteiger partial charge in [0.2, 0.25) is 5.89 Å². The Balaban J connectivity index is 2.26. The molecular formula is C12H7Br2N3O. The highest BCUT2D eigenvalue weighted by Crippen LogP contribution is 2.35. The molecule has 4 nitrogen and oxygen atoms in total. The van der Waals surface area contributed by atoms with E-state index in [0.717, 1.165) is 14.5 Å². The van der Waals surface area contributed by atoms with E-state index in [1.807, 2.05) is 18.2 Å².